The second-order valence-electron chi connectivity index (χ2n) is 7.60. The van der Waals surface area contributed by atoms with Crippen molar-refractivity contribution in [2.24, 2.45) is 0 Å². The van der Waals surface area contributed by atoms with Crippen LogP contribution in [0.4, 0.5) is 4.39 Å². The first kappa shape index (κ1) is 15.0. The van der Waals surface area contributed by atoms with E-state index in [1.54, 1.807) is 0 Å². The van der Waals surface area contributed by atoms with E-state index in [4.69, 9.17) is 9.31 Å². The van der Waals surface area contributed by atoms with Gasteiger partial charge < -0.3 is 9.31 Å². The molecule has 1 aliphatic heterocycles. The summed E-state index contributed by atoms with van der Waals surface area (Å²) in [5, 5.41) is 0. The molecule has 21 heavy (non-hydrogen) atoms. The van der Waals surface area contributed by atoms with Gasteiger partial charge in [0.25, 0.3) is 0 Å². The average Bonchev–Trinajstić information content (AvgIpc) is 3.09. The smallest absolute Gasteiger partial charge is 0.403 e. The van der Waals surface area contributed by atoms with Crippen molar-refractivity contribution in [3.05, 3.63) is 34.6 Å². The van der Waals surface area contributed by atoms with Crippen molar-refractivity contribution in [3.63, 3.8) is 0 Å². The Bertz CT molecular complexity index is 543. The molecule has 1 aliphatic carbocycles. The van der Waals surface area contributed by atoms with Crippen molar-refractivity contribution in [2.75, 3.05) is 0 Å². The van der Waals surface area contributed by atoms with Crippen molar-refractivity contribution >= 4 is 7.12 Å². The molecule has 0 amide bonds. The van der Waals surface area contributed by atoms with Crippen LogP contribution >= 0.6 is 0 Å². The minimum Gasteiger partial charge on any atom is -0.403 e. The second kappa shape index (κ2) is 4.56. The highest BCUT2D eigenvalue weighted by molar-refractivity contribution is 6.49. The third-order valence-electron chi connectivity index (χ3n) is 5.35. The van der Waals surface area contributed by atoms with Crippen LogP contribution in [0.15, 0.2) is 12.1 Å². The fourth-order valence-corrected chi connectivity index (χ4v) is 3.16. The van der Waals surface area contributed by atoms with Gasteiger partial charge in [-0.05, 0) is 70.6 Å². The molecule has 0 bridgehead atoms. The molecule has 1 saturated carbocycles. The zero-order valence-electron chi connectivity index (χ0n) is 13.8. The van der Waals surface area contributed by atoms with E-state index in [1.165, 1.54) is 5.56 Å². The highest BCUT2D eigenvalue weighted by Gasteiger charge is 2.59. The van der Waals surface area contributed by atoms with Crippen molar-refractivity contribution in [2.45, 2.75) is 70.9 Å². The molecule has 0 spiro atoms. The van der Waals surface area contributed by atoms with Crippen LogP contribution in [0, 0.1) is 19.7 Å². The van der Waals surface area contributed by atoms with Gasteiger partial charge in [-0.15, -0.1) is 0 Å². The molecule has 4 heteroatoms. The lowest BCUT2D eigenvalue weighted by molar-refractivity contribution is 0.00578. The van der Waals surface area contributed by atoms with E-state index in [-0.39, 0.29) is 24.1 Å². The average molecular weight is 290 g/mol. The molecule has 0 aromatic heterocycles. The maximum atomic E-state index is 13.7. The summed E-state index contributed by atoms with van der Waals surface area (Å²) in [5.74, 6) is 0.722. The molecule has 2 unspecified atom stereocenters. The molecule has 1 saturated heterocycles. The topological polar surface area (TPSA) is 18.5 Å². The third-order valence-corrected chi connectivity index (χ3v) is 5.35. The molecule has 2 nitrogen and oxygen atoms in total. The van der Waals surface area contributed by atoms with Gasteiger partial charge in [-0.3, -0.25) is 0 Å². The van der Waals surface area contributed by atoms with Gasteiger partial charge in [-0.25, -0.2) is 4.39 Å². The van der Waals surface area contributed by atoms with Gasteiger partial charge in [-0.2, -0.15) is 0 Å². The van der Waals surface area contributed by atoms with E-state index >= 15 is 0 Å². The van der Waals surface area contributed by atoms with Gasteiger partial charge in [0, 0.05) is 5.82 Å². The normalized spacial score (nSPS) is 29.8. The van der Waals surface area contributed by atoms with Crippen LogP contribution in [0.25, 0.3) is 0 Å². The predicted octanol–water partition coefficient (Wildman–Crippen LogP) is 4.39. The van der Waals surface area contributed by atoms with Crippen LogP contribution < -0.4 is 0 Å². The number of hydrogen-bond acceptors (Lipinski definition) is 2. The van der Waals surface area contributed by atoms with E-state index in [9.17, 15) is 4.39 Å². The second-order valence-corrected chi connectivity index (χ2v) is 7.60. The van der Waals surface area contributed by atoms with Crippen molar-refractivity contribution in [1.82, 2.24) is 0 Å². The Labute approximate surface area is 127 Å². The SMILES string of the molecule is Cc1cc(C2CC2B2OC(C)(C)C(C)(C)O2)cc(C)c1F. The monoisotopic (exact) mass is 290 g/mol. The minimum atomic E-state index is -0.278. The Kier molecular flexibility index (Phi) is 3.27. The van der Waals surface area contributed by atoms with Gasteiger partial charge in [0.15, 0.2) is 0 Å². The predicted molar refractivity (Wildman–Crippen MR) is 83.1 cm³/mol. The Morgan fingerprint density at radius 1 is 1.05 bits per heavy atom. The minimum absolute atomic E-state index is 0.0911. The number of halogens is 1. The summed E-state index contributed by atoms with van der Waals surface area (Å²) < 4.78 is 26.0. The molecule has 114 valence electrons. The van der Waals surface area contributed by atoms with Crippen LogP contribution in [0.5, 0.6) is 0 Å². The number of aryl methyl sites for hydroxylation is 2. The molecule has 2 aliphatic rings. The molecular formula is C17H24BFO2. The van der Waals surface area contributed by atoms with Gasteiger partial charge in [0.05, 0.1) is 11.2 Å². The van der Waals surface area contributed by atoms with Gasteiger partial charge in [0.2, 0.25) is 0 Å². The zero-order chi connectivity index (χ0) is 15.6. The van der Waals surface area contributed by atoms with Crippen molar-refractivity contribution < 1.29 is 13.7 Å². The van der Waals surface area contributed by atoms with E-state index in [0.29, 0.717) is 11.7 Å². The van der Waals surface area contributed by atoms with Gasteiger partial charge in [-0.1, -0.05) is 12.1 Å². The van der Waals surface area contributed by atoms with Crippen LogP contribution in [-0.4, -0.2) is 18.3 Å². The molecular weight excluding hydrogens is 266 g/mol. The number of benzene rings is 1. The summed E-state index contributed by atoms with van der Waals surface area (Å²) >= 11 is 0. The fourth-order valence-electron chi connectivity index (χ4n) is 3.16. The lowest BCUT2D eigenvalue weighted by Crippen LogP contribution is -2.41. The summed E-state index contributed by atoms with van der Waals surface area (Å²) in [6.07, 6.45) is 1.06. The van der Waals surface area contributed by atoms with Crippen molar-refractivity contribution in [3.8, 4) is 0 Å². The van der Waals surface area contributed by atoms with Crippen molar-refractivity contribution in [1.29, 1.82) is 0 Å². The van der Waals surface area contributed by atoms with E-state index in [2.05, 4.69) is 27.7 Å². The summed E-state index contributed by atoms with van der Waals surface area (Å²) in [6, 6.07) is 3.94. The standard InChI is InChI=1S/C17H24BFO2/c1-10-7-12(8-11(2)15(10)19)13-9-14(13)18-20-16(3,4)17(5,6)21-18/h7-8,13-14H,9H2,1-6H3. The zero-order valence-corrected chi connectivity index (χ0v) is 13.8. The van der Waals surface area contributed by atoms with E-state index < -0.39 is 0 Å². The Morgan fingerprint density at radius 2 is 1.52 bits per heavy atom. The lowest BCUT2D eigenvalue weighted by atomic mass is 9.79. The quantitative estimate of drug-likeness (QED) is 0.752. The van der Waals surface area contributed by atoms with Gasteiger partial charge >= 0.3 is 7.12 Å². The van der Waals surface area contributed by atoms with Crippen LogP contribution in [0.2, 0.25) is 5.82 Å². The molecule has 1 aromatic rings. The lowest BCUT2D eigenvalue weighted by Gasteiger charge is -2.32. The highest BCUT2D eigenvalue weighted by atomic mass is 19.1. The van der Waals surface area contributed by atoms with Gasteiger partial charge in [0.1, 0.15) is 5.82 Å². The maximum absolute atomic E-state index is 13.7. The summed E-state index contributed by atoms with van der Waals surface area (Å²) in [6.45, 7) is 12.0. The van der Waals surface area contributed by atoms with E-state index in [0.717, 1.165) is 17.5 Å². The largest absolute Gasteiger partial charge is 0.461 e. The summed E-state index contributed by atoms with van der Waals surface area (Å²) in [4.78, 5) is 0. The summed E-state index contributed by atoms with van der Waals surface area (Å²) in [7, 11) is -0.148. The first-order valence-corrected chi connectivity index (χ1v) is 7.75. The maximum Gasteiger partial charge on any atom is 0.461 e. The molecule has 3 rings (SSSR count). The molecule has 1 heterocycles. The highest BCUT2D eigenvalue weighted by Crippen LogP contribution is 2.58. The number of rotatable bonds is 2. The fraction of sp³-hybridized carbons (Fsp3) is 0.647. The Balaban J connectivity index is 1.76. The first-order chi connectivity index (χ1) is 9.62. The van der Waals surface area contributed by atoms with Crippen LogP contribution in [0.1, 0.15) is 56.7 Å². The first-order valence-electron chi connectivity index (χ1n) is 7.75. The van der Waals surface area contributed by atoms with Crippen LogP contribution in [0.3, 0.4) is 0 Å². The molecule has 0 N–H and O–H groups in total. The molecule has 2 atom stereocenters. The number of hydrogen-bond donors (Lipinski definition) is 0. The molecule has 1 aromatic carbocycles. The third kappa shape index (κ3) is 2.42. The Morgan fingerprint density at radius 3 is 2.00 bits per heavy atom. The summed E-state index contributed by atoms with van der Waals surface area (Å²) in [5.41, 5.74) is 2.11. The van der Waals surface area contributed by atoms with Crippen LogP contribution in [-0.2, 0) is 9.31 Å². The Hall–Kier alpha value is -0.865. The molecule has 0 radical (unpaired) electrons. The van der Waals surface area contributed by atoms with E-state index in [1.807, 2.05) is 26.0 Å². The molecule has 2 fully saturated rings.